The van der Waals surface area contributed by atoms with Crippen LogP contribution in [-0.4, -0.2) is 49.2 Å². The van der Waals surface area contributed by atoms with Crippen molar-refractivity contribution >= 4 is 16.0 Å². The number of aromatic amines is 1. The number of ether oxygens (including phenoxy) is 1. The van der Waals surface area contributed by atoms with E-state index in [2.05, 4.69) is 14.7 Å². The first-order valence-corrected chi connectivity index (χ1v) is 5.69. The van der Waals surface area contributed by atoms with E-state index < -0.39 is 28.6 Å². The van der Waals surface area contributed by atoms with Crippen molar-refractivity contribution in [3.8, 4) is 0 Å². The molecule has 1 aromatic rings. The van der Waals surface area contributed by atoms with Crippen molar-refractivity contribution in [2.24, 2.45) is 0 Å². The molecule has 16 heavy (non-hydrogen) atoms. The van der Waals surface area contributed by atoms with Gasteiger partial charge in [0.2, 0.25) is 0 Å². The predicted octanol–water partition coefficient (Wildman–Crippen LogP) is -1.78. The molecule has 0 saturated heterocycles. The minimum Gasteiger partial charge on any atom is -0.467 e. The lowest BCUT2D eigenvalue weighted by Gasteiger charge is -2.08. The standard InChI is InChI=1S/C7H11N3O5S/c1-15-7(12)5(11)2-10-16(13,14)6-3-8-4-9-6/h3-5,10-11H,2H2,1H3,(H,8,9). The van der Waals surface area contributed by atoms with E-state index in [0.29, 0.717) is 0 Å². The zero-order valence-electron chi connectivity index (χ0n) is 8.37. The van der Waals surface area contributed by atoms with Crippen molar-refractivity contribution in [1.29, 1.82) is 0 Å². The van der Waals surface area contributed by atoms with Crippen LogP contribution in [0.2, 0.25) is 0 Å². The van der Waals surface area contributed by atoms with Gasteiger partial charge in [-0.1, -0.05) is 0 Å². The van der Waals surface area contributed by atoms with E-state index in [9.17, 15) is 13.2 Å². The molecule has 0 saturated carbocycles. The second-order valence-corrected chi connectivity index (χ2v) is 4.54. The molecule has 3 N–H and O–H groups in total. The Morgan fingerprint density at radius 2 is 2.44 bits per heavy atom. The third-order valence-electron chi connectivity index (χ3n) is 1.70. The molecule has 0 spiro atoms. The van der Waals surface area contributed by atoms with E-state index in [4.69, 9.17) is 5.11 Å². The second-order valence-electron chi connectivity index (χ2n) is 2.81. The lowest BCUT2D eigenvalue weighted by atomic mass is 10.4. The number of imidazole rings is 1. The topological polar surface area (TPSA) is 121 Å². The zero-order valence-corrected chi connectivity index (χ0v) is 9.19. The third-order valence-corrected chi connectivity index (χ3v) is 3.05. The van der Waals surface area contributed by atoms with E-state index >= 15 is 0 Å². The zero-order chi connectivity index (χ0) is 12.2. The van der Waals surface area contributed by atoms with Gasteiger partial charge in [-0.3, -0.25) is 0 Å². The summed E-state index contributed by atoms with van der Waals surface area (Å²) in [5.74, 6) is -0.910. The molecule has 0 aliphatic rings. The average molecular weight is 249 g/mol. The van der Waals surface area contributed by atoms with Crippen LogP contribution in [0.4, 0.5) is 0 Å². The molecule has 90 valence electrons. The highest BCUT2D eigenvalue weighted by Gasteiger charge is 2.21. The van der Waals surface area contributed by atoms with Gasteiger partial charge in [0, 0.05) is 6.54 Å². The molecule has 0 aliphatic heterocycles. The highest BCUT2D eigenvalue weighted by molar-refractivity contribution is 7.89. The Labute approximate surface area is 91.7 Å². The Bertz CT molecular complexity index is 441. The van der Waals surface area contributed by atoms with Crippen molar-refractivity contribution in [2.75, 3.05) is 13.7 Å². The number of esters is 1. The summed E-state index contributed by atoms with van der Waals surface area (Å²) in [7, 11) is -2.70. The maximum absolute atomic E-state index is 11.5. The summed E-state index contributed by atoms with van der Waals surface area (Å²) in [4.78, 5) is 16.7. The number of aliphatic hydroxyl groups is 1. The summed E-state index contributed by atoms with van der Waals surface area (Å²) in [5.41, 5.74) is 0. The van der Waals surface area contributed by atoms with E-state index in [1.54, 1.807) is 0 Å². The first kappa shape index (κ1) is 12.6. The number of hydrogen-bond acceptors (Lipinski definition) is 6. The van der Waals surface area contributed by atoms with Gasteiger partial charge in [-0.25, -0.2) is 22.9 Å². The van der Waals surface area contributed by atoms with Gasteiger partial charge in [0.25, 0.3) is 10.0 Å². The van der Waals surface area contributed by atoms with Gasteiger partial charge in [-0.05, 0) is 0 Å². The van der Waals surface area contributed by atoms with E-state index in [1.807, 2.05) is 4.72 Å². The maximum atomic E-state index is 11.5. The Hall–Kier alpha value is -1.45. The fourth-order valence-electron chi connectivity index (χ4n) is 0.876. The predicted molar refractivity (Wildman–Crippen MR) is 51.8 cm³/mol. The molecule has 9 heteroatoms. The van der Waals surface area contributed by atoms with Crippen LogP contribution in [-0.2, 0) is 19.6 Å². The fraction of sp³-hybridized carbons (Fsp3) is 0.429. The van der Waals surface area contributed by atoms with Crippen LogP contribution >= 0.6 is 0 Å². The summed E-state index contributed by atoms with van der Waals surface area (Å²) in [6.07, 6.45) is 0.765. The molecule has 0 bridgehead atoms. The van der Waals surface area contributed by atoms with Crippen molar-refractivity contribution in [3.05, 3.63) is 12.5 Å². The molecule has 0 aromatic carbocycles. The summed E-state index contributed by atoms with van der Waals surface area (Å²) in [6.45, 7) is -0.464. The molecule has 0 amide bonds. The van der Waals surface area contributed by atoms with Gasteiger partial charge in [-0.2, -0.15) is 0 Å². The average Bonchev–Trinajstić information content (AvgIpc) is 2.78. The van der Waals surface area contributed by atoms with Crippen molar-refractivity contribution in [1.82, 2.24) is 14.7 Å². The van der Waals surface area contributed by atoms with Crippen LogP contribution in [0.1, 0.15) is 0 Å². The number of carbonyl (C=O) groups is 1. The second kappa shape index (κ2) is 5.05. The number of sulfonamides is 1. The number of H-pyrrole nitrogens is 1. The molecule has 0 aliphatic carbocycles. The highest BCUT2D eigenvalue weighted by Crippen LogP contribution is 2.01. The van der Waals surface area contributed by atoms with Gasteiger partial charge in [0.1, 0.15) is 0 Å². The molecule has 1 aromatic heterocycles. The first-order valence-electron chi connectivity index (χ1n) is 4.21. The Morgan fingerprint density at radius 3 is 2.94 bits per heavy atom. The van der Waals surface area contributed by atoms with Gasteiger partial charge in [0.05, 0.1) is 19.6 Å². The Kier molecular flexibility index (Phi) is 3.99. The monoisotopic (exact) mass is 249 g/mol. The van der Waals surface area contributed by atoms with Crippen LogP contribution in [0, 0.1) is 0 Å². The summed E-state index contributed by atoms with van der Waals surface area (Å²) in [6, 6.07) is 0. The number of carbonyl (C=O) groups excluding carboxylic acids is 1. The molecule has 0 radical (unpaired) electrons. The van der Waals surface area contributed by atoms with Gasteiger partial charge >= 0.3 is 5.97 Å². The number of hydrogen-bond donors (Lipinski definition) is 3. The van der Waals surface area contributed by atoms with Crippen LogP contribution in [0.25, 0.3) is 0 Å². The number of aliphatic hydroxyl groups excluding tert-OH is 1. The van der Waals surface area contributed by atoms with Crippen LogP contribution in [0.5, 0.6) is 0 Å². The minimum atomic E-state index is -3.79. The molecule has 1 unspecified atom stereocenters. The van der Waals surface area contributed by atoms with Crippen molar-refractivity contribution in [2.45, 2.75) is 11.1 Å². The summed E-state index contributed by atoms with van der Waals surface area (Å²) >= 11 is 0. The highest BCUT2D eigenvalue weighted by atomic mass is 32.2. The fourth-order valence-corrected chi connectivity index (χ4v) is 1.82. The van der Waals surface area contributed by atoms with Gasteiger partial charge in [-0.15, -0.1) is 0 Å². The molecule has 0 fully saturated rings. The van der Waals surface area contributed by atoms with E-state index in [1.165, 1.54) is 6.33 Å². The van der Waals surface area contributed by atoms with Crippen LogP contribution in [0.15, 0.2) is 17.6 Å². The number of aromatic nitrogens is 2. The number of nitrogens with one attached hydrogen (secondary N) is 2. The normalized spacial score (nSPS) is 13.4. The Balaban J connectivity index is 2.59. The quantitative estimate of drug-likeness (QED) is 0.530. The number of rotatable bonds is 5. The summed E-state index contributed by atoms with van der Waals surface area (Å²) < 4.78 is 29.2. The smallest absolute Gasteiger partial charge is 0.336 e. The summed E-state index contributed by atoms with van der Waals surface area (Å²) in [5, 5.41) is 9.00. The molecule has 1 rings (SSSR count). The van der Waals surface area contributed by atoms with Crippen LogP contribution < -0.4 is 4.72 Å². The van der Waals surface area contributed by atoms with Crippen molar-refractivity contribution in [3.63, 3.8) is 0 Å². The lowest BCUT2D eigenvalue weighted by molar-refractivity contribution is -0.149. The largest absolute Gasteiger partial charge is 0.467 e. The van der Waals surface area contributed by atoms with Crippen molar-refractivity contribution < 1.29 is 23.1 Å². The van der Waals surface area contributed by atoms with Gasteiger partial charge < -0.3 is 14.8 Å². The third kappa shape index (κ3) is 3.02. The van der Waals surface area contributed by atoms with Gasteiger partial charge in [0.15, 0.2) is 11.1 Å². The molecular weight excluding hydrogens is 238 g/mol. The number of methoxy groups -OCH3 is 1. The molecule has 1 heterocycles. The van der Waals surface area contributed by atoms with E-state index in [0.717, 1.165) is 13.3 Å². The lowest BCUT2D eigenvalue weighted by Crippen LogP contribution is -2.37. The maximum Gasteiger partial charge on any atom is 0.336 e. The Morgan fingerprint density at radius 1 is 1.75 bits per heavy atom. The molecule has 8 nitrogen and oxygen atoms in total. The number of nitrogens with zero attached hydrogens (tertiary/aromatic N) is 1. The first-order chi connectivity index (χ1) is 7.47. The molecule has 1 atom stereocenters. The SMILES string of the molecule is COC(=O)C(O)CNS(=O)(=O)c1cnc[nH]1. The minimum absolute atomic E-state index is 0.149. The molecular formula is C7H11N3O5S. The van der Waals surface area contributed by atoms with Crippen LogP contribution in [0.3, 0.4) is 0 Å². The van der Waals surface area contributed by atoms with E-state index in [-0.39, 0.29) is 5.03 Å².